The molecule has 0 unspecified atom stereocenters. The first kappa shape index (κ1) is 17.8. The summed E-state index contributed by atoms with van der Waals surface area (Å²) in [5.74, 6) is 1.10. The zero-order valence-electron chi connectivity index (χ0n) is 15.6. The summed E-state index contributed by atoms with van der Waals surface area (Å²) in [6.45, 7) is 3.73. The number of aromatic nitrogens is 3. The van der Waals surface area contributed by atoms with Crippen molar-refractivity contribution in [1.82, 2.24) is 15.2 Å². The second-order valence-corrected chi connectivity index (χ2v) is 8.14. The van der Waals surface area contributed by atoms with E-state index in [1.807, 2.05) is 18.3 Å². The second kappa shape index (κ2) is 6.93. The van der Waals surface area contributed by atoms with E-state index in [1.165, 1.54) is 6.42 Å². The molecule has 4 heterocycles. The minimum atomic E-state index is -0.116. The van der Waals surface area contributed by atoms with Crippen molar-refractivity contribution in [3.63, 3.8) is 0 Å². The summed E-state index contributed by atoms with van der Waals surface area (Å²) in [6, 6.07) is 5.87. The molecule has 28 heavy (non-hydrogen) atoms. The van der Waals surface area contributed by atoms with Crippen molar-refractivity contribution >= 4 is 28.8 Å². The van der Waals surface area contributed by atoms with Gasteiger partial charge in [-0.1, -0.05) is 11.6 Å². The summed E-state index contributed by atoms with van der Waals surface area (Å²) in [4.78, 5) is 9.03. The Labute approximate surface area is 168 Å². The molecule has 0 atom stereocenters. The summed E-state index contributed by atoms with van der Waals surface area (Å²) in [6.07, 6.45) is 5.61. The highest BCUT2D eigenvalue weighted by Crippen LogP contribution is 2.38. The van der Waals surface area contributed by atoms with Crippen LogP contribution in [0.15, 0.2) is 24.4 Å². The van der Waals surface area contributed by atoms with Crippen LogP contribution in [-0.2, 0) is 4.74 Å². The molecule has 5 rings (SSSR count). The van der Waals surface area contributed by atoms with Gasteiger partial charge in [-0.3, -0.25) is 0 Å². The minimum Gasteiger partial charge on any atom is -0.474 e. The number of nitrogens with two attached hydrogens (primary N) is 1. The number of halogens is 1. The number of hydrogen-bond acceptors (Lipinski definition) is 8. The predicted octanol–water partition coefficient (Wildman–Crippen LogP) is 2.13. The number of anilines is 3. The first-order valence-corrected chi connectivity index (χ1v) is 10.0. The third kappa shape index (κ3) is 3.10. The topological polar surface area (TPSA) is 89.6 Å². The Bertz CT molecular complexity index is 873. The maximum absolute atomic E-state index is 6.06. The Kier molecular flexibility index (Phi) is 4.40. The van der Waals surface area contributed by atoms with Crippen LogP contribution in [0.4, 0.5) is 17.2 Å². The fourth-order valence-corrected chi connectivity index (χ4v) is 4.22. The van der Waals surface area contributed by atoms with Crippen LogP contribution in [0.2, 0.25) is 5.15 Å². The molecule has 0 radical (unpaired) electrons. The van der Waals surface area contributed by atoms with E-state index in [-0.39, 0.29) is 5.54 Å². The summed E-state index contributed by atoms with van der Waals surface area (Å²) in [5.41, 5.74) is 7.89. The van der Waals surface area contributed by atoms with Crippen LogP contribution < -0.4 is 20.3 Å². The highest BCUT2D eigenvalue weighted by Gasteiger charge is 2.48. The smallest absolute Gasteiger partial charge is 0.215 e. The maximum Gasteiger partial charge on any atom is 0.215 e. The Morgan fingerprint density at radius 3 is 2.79 bits per heavy atom. The molecule has 2 aromatic rings. The lowest BCUT2D eigenvalue weighted by Crippen LogP contribution is -2.72. The van der Waals surface area contributed by atoms with Gasteiger partial charge in [-0.2, -0.15) is 0 Å². The molecule has 2 N–H and O–H groups in total. The second-order valence-electron chi connectivity index (χ2n) is 7.75. The highest BCUT2D eigenvalue weighted by atomic mass is 35.5. The van der Waals surface area contributed by atoms with E-state index in [9.17, 15) is 0 Å². The fraction of sp³-hybridized carbons (Fsp3) is 0.526. The number of ether oxygens (including phenoxy) is 2. The molecule has 3 fully saturated rings. The van der Waals surface area contributed by atoms with Gasteiger partial charge in [0, 0.05) is 43.7 Å². The fourth-order valence-electron chi connectivity index (χ4n) is 4.08. The molecule has 2 saturated heterocycles. The number of piperazine rings is 1. The van der Waals surface area contributed by atoms with Gasteiger partial charge in [-0.05, 0) is 25.3 Å². The van der Waals surface area contributed by atoms with Gasteiger partial charge in [0.15, 0.2) is 11.0 Å². The normalized spacial score (nSPS) is 21.3. The number of pyridine rings is 1. The SMILES string of the molecule is Nc1nnc(Cl)cc1N1CCN(c2ccnc(OC3CCC3)c2)C2(COC2)C1. The van der Waals surface area contributed by atoms with Crippen molar-refractivity contribution in [1.29, 1.82) is 0 Å². The Morgan fingerprint density at radius 1 is 1.21 bits per heavy atom. The number of rotatable bonds is 4. The van der Waals surface area contributed by atoms with Crippen LogP contribution in [0.1, 0.15) is 19.3 Å². The Hall–Kier alpha value is -2.32. The van der Waals surface area contributed by atoms with Crippen molar-refractivity contribution in [3.05, 3.63) is 29.5 Å². The van der Waals surface area contributed by atoms with Crippen LogP contribution in [0.25, 0.3) is 0 Å². The van der Waals surface area contributed by atoms with Gasteiger partial charge in [0.2, 0.25) is 5.88 Å². The van der Waals surface area contributed by atoms with E-state index in [2.05, 4.69) is 25.0 Å². The number of nitrogens with zero attached hydrogens (tertiary/aromatic N) is 5. The predicted molar refractivity (Wildman–Crippen MR) is 107 cm³/mol. The molecule has 1 spiro atoms. The van der Waals surface area contributed by atoms with Crippen LogP contribution in [0.5, 0.6) is 5.88 Å². The minimum absolute atomic E-state index is 0.116. The van der Waals surface area contributed by atoms with Gasteiger partial charge in [0.05, 0.1) is 18.9 Å². The van der Waals surface area contributed by atoms with E-state index < -0.39 is 0 Å². The van der Waals surface area contributed by atoms with Crippen LogP contribution in [-0.4, -0.2) is 59.7 Å². The Balaban J connectivity index is 1.38. The van der Waals surface area contributed by atoms with Crippen molar-refractivity contribution in [2.24, 2.45) is 0 Å². The summed E-state index contributed by atoms with van der Waals surface area (Å²) in [7, 11) is 0. The van der Waals surface area contributed by atoms with Crippen molar-refractivity contribution in [2.75, 3.05) is 48.4 Å². The lowest BCUT2D eigenvalue weighted by atomic mass is 9.90. The monoisotopic (exact) mass is 402 g/mol. The molecular formula is C19H23ClN6O2. The molecule has 1 saturated carbocycles. The van der Waals surface area contributed by atoms with Gasteiger partial charge in [-0.15, -0.1) is 10.2 Å². The average molecular weight is 403 g/mol. The molecule has 9 heteroatoms. The number of hydrogen-bond donors (Lipinski definition) is 1. The molecule has 148 valence electrons. The maximum atomic E-state index is 6.06. The van der Waals surface area contributed by atoms with Gasteiger partial charge in [0.25, 0.3) is 0 Å². The van der Waals surface area contributed by atoms with Crippen molar-refractivity contribution < 1.29 is 9.47 Å². The quantitative estimate of drug-likeness (QED) is 0.831. The lowest BCUT2D eigenvalue weighted by molar-refractivity contribution is -0.0574. The zero-order valence-corrected chi connectivity index (χ0v) is 16.3. The van der Waals surface area contributed by atoms with E-state index >= 15 is 0 Å². The molecule has 0 amide bonds. The third-order valence-electron chi connectivity index (χ3n) is 5.87. The number of nitrogen functional groups attached to an aromatic ring is 1. The average Bonchev–Trinajstić information content (AvgIpc) is 2.65. The standard InChI is InChI=1S/C19H23ClN6O2/c20-16-9-15(18(21)24-23-16)25-6-7-26(19(10-25)11-27-12-19)13-4-5-22-17(8-13)28-14-2-1-3-14/h4-5,8-9,14H,1-3,6-7,10-12H2,(H2,21,24). The van der Waals surface area contributed by atoms with E-state index in [0.29, 0.717) is 36.2 Å². The Morgan fingerprint density at radius 2 is 2.07 bits per heavy atom. The molecule has 3 aliphatic rings. The molecule has 0 bridgehead atoms. The van der Waals surface area contributed by atoms with E-state index in [0.717, 1.165) is 43.9 Å². The first-order valence-electron chi connectivity index (χ1n) is 9.65. The lowest BCUT2D eigenvalue weighted by Gasteiger charge is -2.56. The molecule has 2 aliphatic heterocycles. The third-order valence-corrected chi connectivity index (χ3v) is 6.06. The molecular weight excluding hydrogens is 380 g/mol. The van der Waals surface area contributed by atoms with Crippen LogP contribution in [0.3, 0.4) is 0 Å². The van der Waals surface area contributed by atoms with Crippen LogP contribution >= 0.6 is 11.6 Å². The molecule has 1 aliphatic carbocycles. The molecule has 8 nitrogen and oxygen atoms in total. The molecule has 2 aromatic heterocycles. The van der Waals surface area contributed by atoms with Crippen molar-refractivity contribution in [2.45, 2.75) is 30.9 Å². The highest BCUT2D eigenvalue weighted by molar-refractivity contribution is 6.29. The first-order chi connectivity index (χ1) is 13.6. The van der Waals surface area contributed by atoms with Crippen molar-refractivity contribution in [3.8, 4) is 5.88 Å². The summed E-state index contributed by atoms with van der Waals surface area (Å²) >= 11 is 6.04. The van der Waals surface area contributed by atoms with E-state index in [1.54, 1.807) is 6.07 Å². The van der Waals surface area contributed by atoms with Crippen LogP contribution in [0, 0.1) is 0 Å². The van der Waals surface area contributed by atoms with E-state index in [4.69, 9.17) is 26.8 Å². The van der Waals surface area contributed by atoms with Gasteiger partial charge < -0.3 is 25.0 Å². The largest absolute Gasteiger partial charge is 0.474 e. The zero-order chi connectivity index (χ0) is 19.1. The summed E-state index contributed by atoms with van der Waals surface area (Å²) < 4.78 is 11.6. The summed E-state index contributed by atoms with van der Waals surface area (Å²) in [5, 5.41) is 8.12. The van der Waals surface area contributed by atoms with Gasteiger partial charge in [-0.25, -0.2) is 4.98 Å². The van der Waals surface area contributed by atoms with Gasteiger partial charge >= 0.3 is 0 Å². The van der Waals surface area contributed by atoms with Gasteiger partial charge in [0.1, 0.15) is 11.6 Å². The molecule has 0 aromatic carbocycles.